The highest BCUT2D eigenvalue weighted by Gasteiger charge is 2.30. The minimum atomic E-state index is -4.40. The zero-order valence-corrected chi connectivity index (χ0v) is 15.6. The highest BCUT2D eigenvalue weighted by atomic mass is 19.4. The van der Waals surface area contributed by atoms with E-state index in [0.717, 1.165) is 30.7 Å². The second-order valence-corrected chi connectivity index (χ2v) is 6.90. The Morgan fingerprint density at radius 1 is 1.07 bits per heavy atom. The quantitative estimate of drug-likeness (QED) is 0.637. The molecule has 30 heavy (non-hydrogen) atoms. The first-order chi connectivity index (χ1) is 14.4. The van der Waals surface area contributed by atoms with E-state index < -0.39 is 17.6 Å². The summed E-state index contributed by atoms with van der Waals surface area (Å²) < 4.78 is 38.1. The summed E-state index contributed by atoms with van der Waals surface area (Å²) in [5.74, 6) is 0.0661. The molecule has 2 heterocycles. The van der Waals surface area contributed by atoms with Crippen LogP contribution in [-0.4, -0.2) is 25.8 Å². The first kappa shape index (κ1) is 19.7. The van der Waals surface area contributed by atoms with Crippen molar-refractivity contribution in [1.29, 1.82) is 0 Å². The van der Waals surface area contributed by atoms with Crippen LogP contribution in [0.5, 0.6) is 0 Å². The van der Waals surface area contributed by atoms with E-state index in [9.17, 15) is 18.0 Å². The van der Waals surface area contributed by atoms with Crippen molar-refractivity contribution in [3.8, 4) is 0 Å². The fourth-order valence-corrected chi connectivity index (χ4v) is 2.81. The molecule has 1 aliphatic rings. The van der Waals surface area contributed by atoms with Gasteiger partial charge < -0.3 is 10.6 Å². The van der Waals surface area contributed by atoms with Gasteiger partial charge in [-0.3, -0.25) is 4.79 Å². The minimum absolute atomic E-state index is 0.0557. The third-order valence-corrected chi connectivity index (χ3v) is 4.56. The molecule has 1 aliphatic carbocycles. The maximum Gasteiger partial charge on any atom is 0.416 e. The number of carbonyl (C=O) groups is 1. The molecule has 4 rings (SSSR count). The van der Waals surface area contributed by atoms with Crippen molar-refractivity contribution in [3.63, 3.8) is 0 Å². The number of halogens is 3. The third-order valence-electron chi connectivity index (χ3n) is 4.56. The number of hydrogen-bond donors (Lipinski definition) is 2. The minimum Gasteiger partial charge on any atom is -0.347 e. The first-order valence-corrected chi connectivity index (χ1v) is 9.23. The Bertz CT molecular complexity index is 1040. The number of alkyl halides is 3. The number of amides is 1. The van der Waals surface area contributed by atoms with Crippen molar-refractivity contribution >= 4 is 17.4 Å². The van der Waals surface area contributed by atoms with E-state index in [0.29, 0.717) is 17.2 Å². The number of benzene rings is 1. The summed E-state index contributed by atoms with van der Waals surface area (Å²) in [6, 6.07) is 4.63. The van der Waals surface area contributed by atoms with Crippen molar-refractivity contribution in [1.82, 2.24) is 25.3 Å². The smallest absolute Gasteiger partial charge is 0.347 e. The van der Waals surface area contributed by atoms with Crippen LogP contribution in [0, 0.1) is 0 Å². The molecule has 0 spiro atoms. The lowest BCUT2D eigenvalue weighted by molar-refractivity contribution is -0.137. The van der Waals surface area contributed by atoms with Gasteiger partial charge in [-0.25, -0.2) is 19.9 Å². The van der Waals surface area contributed by atoms with E-state index in [-0.39, 0.29) is 18.1 Å². The molecular formula is C20H17F3N6O. The van der Waals surface area contributed by atoms with Crippen molar-refractivity contribution < 1.29 is 18.0 Å². The van der Waals surface area contributed by atoms with Gasteiger partial charge in [-0.05, 0) is 30.5 Å². The summed E-state index contributed by atoms with van der Waals surface area (Å²) in [5, 5.41) is 5.67. The first-order valence-electron chi connectivity index (χ1n) is 9.23. The number of aromatic nitrogens is 4. The Morgan fingerprint density at radius 2 is 1.77 bits per heavy atom. The largest absolute Gasteiger partial charge is 0.416 e. The molecule has 0 atom stereocenters. The van der Waals surface area contributed by atoms with Crippen LogP contribution < -0.4 is 10.6 Å². The SMILES string of the molecule is O=C(NCc1ccc(C(F)(F)F)cc1)c1nc(C2CC2)cnc1Nc1cncnc1. The molecule has 0 aliphatic heterocycles. The van der Waals surface area contributed by atoms with E-state index in [2.05, 4.69) is 30.6 Å². The average molecular weight is 414 g/mol. The molecule has 1 saturated carbocycles. The second-order valence-electron chi connectivity index (χ2n) is 6.90. The van der Waals surface area contributed by atoms with Crippen molar-refractivity contribution in [2.45, 2.75) is 31.5 Å². The zero-order chi connectivity index (χ0) is 21.1. The van der Waals surface area contributed by atoms with Gasteiger partial charge in [0.2, 0.25) is 0 Å². The lowest BCUT2D eigenvalue weighted by Gasteiger charge is -2.12. The van der Waals surface area contributed by atoms with Crippen LogP contribution in [0.2, 0.25) is 0 Å². The van der Waals surface area contributed by atoms with Gasteiger partial charge in [0.05, 0.1) is 35.5 Å². The number of nitrogens with one attached hydrogen (secondary N) is 2. The van der Waals surface area contributed by atoms with Crippen LogP contribution in [0.4, 0.5) is 24.7 Å². The summed E-state index contributed by atoms with van der Waals surface area (Å²) in [7, 11) is 0. The summed E-state index contributed by atoms with van der Waals surface area (Å²) in [5.41, 5.74) is 1.19. The van der Waals surface area contributed by atoms with Gasteiger partial charge in [0, 0.05) is 12.5 Å². The van der Waals surface area contributed by atoms with Gasteiger partial charge in [-0.2, -0.15) is 13.2 Å². The van der Waals surface area contributed by atoms with Gasteiger partial charge in [-0.1, -0.05) is 12.1 Å². The van der Waals surface area contributed by atoms with Gasteiger partial charge in [0.1, 0.15) is 6.33 Å². The van der Waals surface area contributed by atoms with Crippen LogP contribution in [0.15, 0.2) is 49.2 Å². The number of nitrogens with zero attached hydrogens (tertiary/aromatic N) is 4. The van der Waals surface area contributed by atoms with E-state index in [1.807, 2.05) is 0 Å². The molecule has 1 amide bonds. The summed E-state index contributed by atoms with van der Waals surface area (Å²) in [4.78, 5) is 29.4. The molecule has 7 nitrogen and oxygen atoms in total. The topological polar surface area (TPSA) is 92.7 Å². The Hall–Kier alpha value is -3.56. The van der Waals surface area contributed by atoms with E-state index >= 15 is 0 Å². The monoisotopic (exact) mass is 414 g/mol. The number of anilines is 2. The van der Waals surface area contributed by atoms with E-state index in [1.165, 1.54) is 30.9 Å². The molecule has 0 unspecified atom stereocenters. The van der Waals surface area contributed by atoms with Crippen LogP contribution in [0.3, 0.4) is 0 Å². The van der Waals surface area contributed by atoms with Crippen LogP contribution >= 0.6 is 0 Å². The zero-order valence-electron chi connectivity index (χ0n) is 15.6. The Morgan fingerprint density at radius 3 is 2.40 bits per heavy atom. The third kappa shape index (κ3) is 4.70. The Balaban J connectivity index is 1.51. The van der Waals surface area contributed by atoms with Crippen LogP contribution in [0.1, 0.15) is 46.1 Å². The summed E-state index contributed by atoms with van der Waals surface area (Å²) >= 11 is 0. The number of rotatable bonds is 6. The molecule has 0 saturated heterocycles. The predicted octanol–water partition coefficient (Wildman–Crippen LogP) is 3.84. The van der Waals surface area contributed by atoms with Gasteiger partial charge in [-0.15, -0.1) is 0 Å². The molecule has 1 fully saturated rings. The normalized spacial score (nSPS) is 13.7. The van der Waals surface area contributed by atoms with Crippen LogP contribution in [0.25, 0.3) is 0 Å². The fraction of sp³-hybridized carbons (Fsp3) is 0.250. The van der Waals surface area contributed by atoms with Gasteiger partial charge in [0.15, 0.2) is 11.5 Å². The average Bonchev–Trinajstić information content (AvgIpc) is 3.58. The maximum atomic E-state index is 12.8. The number of hydrogen-bond acceptors (Lipinski definition) is 6. The van der Waals surface area contributed by atoms with Crippen molar-refractivity contribution in [2.24, 2.45) is 0 Å². The maximum absolute atomic E-state index is 12.8. The summed E-state index contributed by atoms with van der Waals surface area (Å²) in [6.45, 7) is 0.0557. The van der Waals surface area contributed by atoms with Crippen molar-refractivity contribution in [3.05, 3.63) is 71.7 Å². The molecular weight excluding hydrogens is 397 g/mol. The molecule has 0 radical (unpaired) electrons. The van der Waals surface area contributed by atoms with Crippen LogP contribution in [-0.2, 0) is 12.7 Å². The Labute approximate surface area is 169 Å². The molecule has 154 valence electrons. The molecule has 3 aromatic rings. The molecule has 10 heteroatoms. The highest BCUT2D eigenvalue weighted by Crippen LogP contribution is 2.39. The molecule has 2 N–H and O–H groups in total. The predicted molar refractivity (Wildman–Crippen MR) is 102 cm³/mol. The highest BCUT2D eigenvalue weighted by molar-refractivity contribution is 5.97. The van der Waals surface area contributed by atoms with E-state index in [4.69, 9.17) is 0 Å². The van der Waals surface area contributed by atoms with Gasteiger partial charge >= 0.3 is 6.18 Å². The lowest BCUT2D eigenvalue weighted by Crippen LogP contribution is -2.25. The Kier molecular flexibility index (Phi) is 5.30. The molecule has 2 aromatic heterocycles. The lowest BCUT2D eigenvalue weighted by atomic mass is 10.1. The van der Waals surface area contributed by atoms with Crippen molar-refractivity contribution in [2.75, 3.05) is 5.32 Å². The molecule has 0 bridgehead atoms. The second kappa shape index (κ2) is 8.05. The van der Waals surface area contributed by atoms with Gasteiger partial charge in [0.25, 0.3) is 5.91 Å². The number of carbonyl (C=O) groups excluding carboxylic acids is 1. The fourth-order valence-electron chi connectivity index (χ4n) is 2.81. The summed E-state index contributed by atoms with van der Waals surface area (Å²) in [6.07, 6.45) is 3.69. The molecule has 1 aromatic carbocycles. The standard InChI is InChI=1S/C20H17F3N6O/c21-20(22,23)14-5-1-12(2-6-14)7-27-19(30)17-18(28-15-8-24-11-25-9-15)26-10-16(29-17)13-3-4-13/h1-2,5-6,8-11,13H,3-4,7H2,(H,26,28)(H,27,30). The van der Waals surface area contributed by atoms with E-state index in [1.54, 1.807) is 6.20 Å².